The van der Waals surface area contributed by atoms with Gasteiger partial charge in [-0.3, -0.25) is 29.3 Å². The van der Waals surface area contributed by atoms with Gasteiger partial charge in [-0.05, 0) is 87.6 Å². The SMILES string of the molecule is Cc1cc2cc(NC(=NC3CCCCN(CC(=O)N4CCCC4)C3=O)NC(=O)c3ccc(C(=O)NCC(=O)O)cc3)ccc2o1. The van der Waals surface area contributed by atoms with Gasteiger partial charge in [0.05, 0.1) is 6.54 Å². The number of hydrogen-bond donors (Lipinski definition) is 4. The number of amides is 4. The number of carbonyl (C=O) groups excluding carboxylic acids is 4. The van der Waals surface area contributed by atoms with Crippen molar-refractivity contribution in [3.8, 4) is 0 Å². The number of furan rings is 1. The van der Waals surface area contributed by atoms with Crippen molar-refractivity contribution in [2.75, 3.05) is 38.0 Å². The lowest BCUT2D eigenvalue weighted by molar-refractivity contribution is -0.140. The van der Waals surface area contributed by atoms with E-state index in [4.69, 9.17) is 9.52 Å². The van der Waals surface area contributed by atoms with E-state index in [9.17, 15) is 24.0 Å². The monoisotopic (exact) mass is 616 g/mol. The summed E-state index contributed by atoms with van der Waals surface area (Å²) in [6, 6.07) is 12.2. The van der Waals surface area contributed by atoms with Crippen LogP contribution in [-0.4, -0.2) is 89.2 Å². The molecule has 0 spiro atoms. The molecule has 0 aliphatic carbocycles. The van der Waals surface area contributed by atoms with Crippen LogP contribution in [0.15, 0.2) is 57.9 Å². The molecular formula is C32H36N6O7. The quantitative estimate of drug-likeness (QED) is 0.221. The predicted octanol–water partition coefficient (Wildman–Crippen LogP) is 2.76. The number of aliphatic carboxylic acids is 1. The molecule has 2 aliphatic heterocycles. The van der Waals surface area contributed by atoms with Crippen molar-refractivity contribution in [2.45, 2.75) is 45.1 Å². The molecular weight excluding hydrogens is 580 g/mol. The lowest BCUT2D eigenvalue weighted by Gasteiger charge is -2.25. The van der Waals surface area contributed by atoms with E-state index < -0.39 is 30.4 Å². The van der Waals surface area contributed by atoms with Crippen LogP contribution in [0.3, 0.4) is 0 Å². The van der Waals surface area contributed by atoms with Gasteiger partial charge in [0, 0.05) is 41.8 Å². The van der Waals surface area contributed by atoms with Gasteiger partial charge in [-0.1, -0.05) is 0 Å². The highest BCUT2D eigenvalue weighted by molar-refractivity contribution is 6.11. The summed E-state index contributed by atoms with van der Waals surface area (Å²) >= 11 is 0. The first-order valence-electron chi connectivity index (χ1n) is 15.0. The fraction of sp³-hybridized carbons (Fsp3) is 0.375. The number of benzene rings is 2. The van der Waals surface area contributed by atoms with Gasteiger partial charge in [0.2, 0.25) is 17.8 Å². The highest BCUT2D eigenvalue weighted by atomic mass is 16.4. The summed E-state index contributed by atoms with van der Waals surface area (Å²) in [5, 5.41) is 17.8. The number of nitrogens with zero attached hydrogens (tertiary/aromatic N) is 3. The third-order valence-corrected chi connectivity index (χ3v) is 7.77. The average Bonchev–Trinajstić information content (AvgIpc) is 3.66. The Morgan fingerprint density at radius 3 is 2.33 bits per heavy atom. The highest BCUT2D eigenvalue weighted by Crippen LogP contribution is 2.23. The molecule has 0 radical (unpaired) electrons. The van der Waals surface area contributed by atoms with E-state index in [1.165, 1.54) is 24.3 Å². The molecule has 0 bridgehead atoms. The number of carboxylic acids is 1. The van der Waals surface area contributed by atoms with Gasteiger partial charge >= 0.3 is 5.97 Å². The Morgan fingerprint density at radius 2 is 1.62 bits per heavy atom. The maximum Gasteiger partial charge on any atom is 0.322 e. The van der Waals surface area contributed by atoms with Gasteiger partial charge in [-0.2, -0.15) is 0 Å². The van der Waals surface area contributed by atoms with Crippen LogP contribution < -0.4 is 16.0 Å². The Hall–Kier alpha value is -5.20. The lowest BCUT2D eigenvalue weighted by atomic mass is 10.1. The summed E-state index contributed by atoms with van der Waals surface area (Å²) in [5.41, 5.74) is 1.71. The Morgan fingerprint density at radius 1 is 0.933 bits per heavy atom. The number of guanidine groups is 1. The largest absolute Gasteiger partial charge is 0.480 e. The fourth-order valence-corrected chi connectivity index (χ4v) is 5.44. The van der Waals surface area contributed by atoms with Crippen LogP contribution in [0.4, 0.5) is 5.69 Å². The van der Waals surface area contributed by atoms with Crippen LogP contribution in [0.2, 0.25) is 0 Å². The Balaban J connectivity index is 1.37. The Kier molecular flexibility index (Phi) is 9.76. The maximum atomic E-state index is 13.6. The van der Waals surface area contributed by atoms with Crippen molar-refractivity contribution < 1.29 is 33.5 Å². The van der Waals surface area contributed by atoms with Gasteiger partial charge in [0.15, 0.2) is 0 Å². The summed E-state index contributed by atoms with van der Waals surface area (Å²) in [4.78, 5) is 70.8. The highest BCUT2D eigenvalue weighted by Gasteiger charge is 2.30. The number of nitrogens with one attached hydrogen (secondary N) is 3. The van der Waals surface area contributed by atoms with Crippen LogP contribution in [0.1, 0.15) is 58.6 Å². The van der Waals surface area contributed by atoms with E-state index in [1.807, 2.05) is 19.1 Å². The van der Waals surface area contributed by atoms with Crippen LogP contribution in [0, 0.1) is 6.92 Å². The summed E-state index contributed by atoms with van der Waals surface area (Å²) < 4.78 is 5.67. The lowest BCUT2D eigenvalue weighted by Crippen LogP contribution is -2.45. The topological polar surface area (TPSA) is 174 Å². The molecule has 2 saturated heterocycles. The molecule has 13 nitrogen and oxygen atoms in total. The number of aryl methyl sites for hydroxylation is 1. The van der Waals surface area contributed by atoms with Gasteiger partial charge in [0.1, 0.15) is 23.9 Å². The molecule has 3 heterocycles. The summed E-state index contributed by atoms with van der Waals surface area (Å²) in [6.07, 6.45) is 3.84. The van der Waals surface area contributed by atoms with Crippen molar-refractivity contribution >= 4 is 52.2 Å². The van der Waals surface area contributed by atoms with Crippen LogP contribution in [0.5, 0.6) is 0 Å². The molecule has 1 aromatic heterocycles. The second-order valence-electron chi connectivity index (χ2n) is 11.2. The summed E-state index contributed by atoms with van der Waals surface area (Å²) in [5.74, 6) is -1.84. The van der Waals surface area contributed by atoms with Crippen molar-refractivity contribution in [3.63, 3.8) is 0 Å². The van der Waals surface area contributed by atoms with Gasteiger partial charge in [-0.25, -0.2) is 4.99 Å². The number of hydrogen-bond acceptors (Lipinski definition) is 7. The molecule has 13 heteroatoms. The molecule has 4 amide bonds. The van der Waals surface area contributed by atoms with Crippen molar-refractivity contribution in [1.82, 2.24) is 20.4 Å². The number of anilines is 1. The van der Waals surface area contributed by atoms with Crippen LogP contribution >= 0.6 is 0 Å². The smallest absolute Gasteiger partial charge is 0.322 e. The van der Waals surface area contributed by atoms with E-state index in [-0.39, 0.29) is 35.4 Å². The number of rotatable bonds is 8. The van der Waals surface area contributed by atoms with Crippen molar-refractivity contribution in [2.24, 2.45) is 4.99 Å². The first-order valence-corrected chi connectivity index (χ1v) is 15.0. The van der Waals surface area contributed by atoms with Gasteiger partial charge in [-0.15, -0.1) is 0 Å². The van der Waals surface area contributed by atoms with Gasteiger partial charge < -0.3 is 30.0 Å². The molecule has 2 fully saturated rings. The molecule has 1 unspecified atom stereocenters. The molecule has 2 aromatic carbocycles. The molecule has 5 rings (SSSR count). The first kappa shape index (κ1) is 31.2. The maximum absolute atomic E-state index is 13.6. The first-order chi connectivity index (χ1) is 21.7. The molecule has 1 atom stereocenters. The summed E-state index contributed by atoms with van der Waals surface area (Å²) in [6.45, 7) is 3.19. The van der Waals surface area contributed by atoms with Crippen LogP contribution in [-0.2, 0) is 14.4 Å². The average molecular weight is 617 g/mol. The zero-order valence-corrected chi connectivity index (χ0v) is 25.0. The number of carboxylic acid groups (broad SMARTS) is 1. The third-order valence-electron chi connectivity index (χ3n) is 7.77. The van der Waals surface area contributed by atoms with E-state index in [1.54, 1.807) is 21.9 Å². The van der Waals surface area contributed by atoms with Crippen molar-refractivity contribution in [3.05, 3.63) is 65.4 Å². The molecule has 45 heavy (non-hydrogen) atoms. The molecule has 4 N–H and O–H groups in total. The zero-order chi connectivity index (χ0) is 31.9. The predicted molar refractivity (Wildman–Crippen MR) is 166 cm³/mol. The van der Waals surface area contributed by atoms with E-state index in [0.717, 1.165) is 36.8 Å². The Bertz CT molecular complexity index is 1620. The molecule has 2 aliphatic rings. The van der Waals surface area contributed by atoms with Gasteiger partial charge in [0.25, 0.3) is 11.8 Å². The minimum absolute atomic E-state index is 0.00285. The fourth-order valence-electron chi connectivity index (χ4n) is 5.44. The normalized spacial score (nSPS) is 17.2. The minimum Gasteiger partial charge on any atom is -0.480 e. The zero-order valence-electron chi connectivity index (χ0n) is 25.0. The minimum atomic E-state index is -1.17. The number of carbonyl (C=O) groups is 5. The van der Waals surface area contributed by atoms with Crippen molar-refractivity contribution in [1.29, 1.82) is 0 Å². The third kappa shape index (κ3) is 8.05. The van der Waals surface area contributed by atoms with E-state index >= 15 is 0 Å². The van der Waals surface area contributed by atoms with Crippen LogP contribution in [0.25, 0.3) is 11.0 Å². The number of aliphatic imine (C=N–C) groups is 1. The Labute approximate surface area is 259 Å². The second kappa shape index (κ2) is 14.1. The number of fused-ring (bicyclic) bond motifs is 1. The number of likely N-dealkylation sites (tertiary alicyclic amines) is 2. The van der Waals surface area contributed by atoms with E-state index in [0.29, 0.717) is 37.3 Å². The molecule has 3 aromatic rings. The second-order valence-corrected chi connectivity index (χ2v) is 11.2. The molecule has 0 saturated carbocycles. The standard InChI is InChI=1S/C32H36N6O7/c1-20-16-23-17-24(11-12-26(23)45-20)34-32(36-30(43)22-9-7-21(8-10-22)29(42)33-18-28(40)41)35-25-6-2-3-15-38(31(25)44)19-27(39)37-13-4-5-14-37/h7-12,16-17,25H,2-6,13-15,18-19H2,1H3,(H,33,42)(H,40,41)(H2,34,35,36,43). The van der Waals surface area contributed by atoms with E-state index in [2.05, 4.69) is 20.9 Å². The summed E-state index contributed by atoms with van der Waals surface area (Å²) in [7, 11) is 0. The molecule has 236 valence electrons.